The second-order valence-corrected chi connectivity index (χ2v) is 5.24. The van der Waals surface area contributed by atoms with Gasteiger partial charge in [-0.15, -0.1) is 0 Å². The normalized spacial score (nSPS) is 17.7. The molecule has 0 amide bonds. The van der Waals surface area contributed by atoms with E-state index in [1.54, 1.807) is 17.5 Å². The summed E-state index contributed by atoms with van der Waals surface area (Å²) in [6.07, 6.45) is 1.77. The first-order valence-corrected chi connectivity index (χ1v) is 6.66. The third-order valence-corrected chi connectivity index (χ3v) is 4.27. The summed E-state index contributed by atoms with van der Waals surface area (Å²) in [7, 11) is 0. The van der Waals surface area contributed by atoms with Crippen LogP contribution in [0, 0.1) is 0 Å². The fourth-order valence-corrected chi connectivity index (χ4v) is 2.78. The number of hydrogen-bond donors (Lipinski definition) is 1. The summed E-state index contributed by atoms with van der Waals surface area (Å²) in [6, 6.07) is 0. The summed E-state index contributed by atoms with van der Waals surface area (Å²) in [5, 5.41) is 1.04. The second-order valence-electron chi connectivity index (χ2n) is 3.79. The van der Waals surface area contributed by atoms with Gasteiger partial charge in [0.2, 0.25) is 0 Å². The largest absolute Gasteiger partial charge is 0.389 e. The smallest absolute Gasteiger partial charge is 0.186 e. The van der Waals surface area contributed by atoms with Gasteiger partial charge in [-0.3, -0.25) is 0 Å². The third-order valence-electron chi connectivity index (χ3n) is 2.83. The molecule has 1 aliphatic heterocycles. The standard InChI is InChI=1S/C10H16N4S2/c1-2-13-3-5-14(6-4-13)10-12-7-8(16-10)9(11)15/h7H,2-6H2,1H3,(H2,11,15). The van der Waals surface area contributed by atoms with Gasteiger partial charge in [-0.25, -0.2) is 4.98 Å². The van der Waals surface area contributed by atoms with Gasteiger partial charge in [0.15, 0.2) is 5.13 Å². The quantitative estimate of drug-likeness (QED) is 0.815. The summed E-state index contributed by atoms with van der Waals surface area (Å²) >= 11 is 6.52. The number of anilines is 1. The van der Waals surface area contributed by atoms with E-state index in [0.29, 0.717) is 4.99 Å². The minimum Gasteiger partial charge on any atom is -0.389 e. The lowest BCUT2D eigenvalue weighted by molar-refractivity contribution is 0.271. The average molecular weight is 256 g/mol. The van der Waals surface area contributed by atoms with Gasteiger partial charge in [-0.2, -0.15) is 0 Å². The van der Waals surface area contributed by atoms with Gasteiger partial charge in [0.25, 0.3) is 0 Å². The first-order valence-electron chi connectivity index (χ1n) is 5.43. The number of thiazole rings is 1. The number of nitrogens with zero attached hydrogens (tertiary/aromatic N) is 3. The van der Waals surface area contributed by atoms with Crippen molar-refractivity contribution in [3.8, 4) is 0 Å². The van der Waals surface area contributed by atoms with E-state index in [9.17, 15) is 0 Å². The van der Waals surface area contributed by atoms with Crippen LogP contribution >= 0.6 is 23.6 Å². The van der Waals surface area contributed by atoms with Gasteiger partial charge >= 0.3 is 0 Å². The Morgan fingerprint density at radius 2 is 2.19 bits per heavy atom. The van der Waals surface area contributed by atoms with Crippen LogP contribution in [0.2, 0.25) is 0 Å². The highest BCUT2D eigenvalue weighted by Crippen LogP contribution is 2.23. The number of piperazine rings is 1. The molecular formula is C10H16N4S2. The number of likely N-dealkylation sites (N-methyl/N-ethyl adjacent to an activating group) is 1. The van der Waals surface area contributed by atoms with Crippen LogP contribution in [-0.4, -0.2) is 47.6 Å². The Balaban J connectivity index is 2.00. The molecule has 1 aromatic rings. The van der Waals surface area contributed by atoms with Crippen LogP contribution in [0.15, 0.2) is 6.20 Å². The molecule has 2 rings (SSSR count). The molecule has 1 saturated heterocycles. The van der Waals surface area contributed by atoms with Crippen molar-refractivity contribution >= 4 is 33.7 Å². The van der Waals surface area contributed by atoms with Crippen LogP contribution in [0.5, 0.6) is 0 Å². The van der Waals surface area contributed by atoms with Crippen LogP contribution in [0.1, 0.15) is 11.8 Å². The lowest BCUT2D eigenvalue weighted by Crippen LogP contribution is -2.46. The molecule has 0 unspecified atom stereocenters. The highest BCUT2D eigenvalue weighted by atomic mass is 32.1. The molecule has 1 aliphatic rings. The lowest BCUT2D eigenvalue weighted by atomic mass is 10.3. The van der Waals surface area contributed by atoms with Crippen molar-refractivity contribution in [2.24, 2.45) is 5.73 Å². The molecule has 6 heteroatoms. The van der Waals surface area contributed by atoms with E-state index in [4.69, 9.17) is 18.0 Å². The minimum absolute atomic E-state index is 0.441. The minimum atomic E-state index is 0.441. The number of rotatable bonds is 3. The Morgan fingerprint density at radius 1 is 1.50 bits per heavy atom. The maximum absolute atomic E-state index is 5.58. The van der Waals surface area contributed by atoms with Crippen molar-refractivity contribution in [1.82, 2.24) is 9.88 Å². The van der Waals surface area contributed by atoms with E-state index in [2.05, 4.69) is 21.7 Å². The molecule has 2 N–H and O–H groups in total. The Labute approximate surface area is 105 Å². The Morgan fingerprint density at radius 3 is 2.69 bits per heavy atom. The van der Waals surface area contributed by atoms with E-state index in [1.165, 1.54) is 0 Å². The van der Waals surface area contributed by atoms with E-state index < -0.39 is 0 Å². The first kappa shape index (κ1) is 11.8. The Bertz CT molecular complexity index is 369. The maximum Gasteiger partial charge on any atom is 0.186 e. The molecule has 1 fully saturated rings. The summed E-state index contributed by atoms with van der Waals surface area (Å²) in [4.78, 5) is 10.5. The number of thiocarbonyl (C=S) groups is 1. The molecule has 0 spiro atoms. The van der Waals surface area contributed by atoms with Crippen molar-refractivity contribution in [3.05, 3.63) is 11.1 Å². The van der Waals surface area contributed by atoms with E-state index in [-0.39, 0.29) is 0 Å². The van der Waals surface area contributed by atoms with Gasteiger partial charge in [-0.1, -0.05) is 30.5 Å². The molecule has 0 radical (unpaired) electrons. The molecule has 0 atom stereocenters. The third kappa shape index (κ3) is 2.50. The zero-order chi connectivity index (χ0) is 11.5. The number of nitrogens with two attached hydrogens (primary N) is 1. The van der Waals surface area contributed by atoms with Crippen LogP contribution in [0.4, 0.5) is 5.13 Å². The molecule has 0 aromatic carbocycles. The molecule has 0 saturated carbocycles. The molecule has 2 heterocycles. The summed E-state index contributed by atoms with van der Waals surface area (Å²) in [6.45, 7) is 7.63. The average Bonchev–Trinajstić information content (AvgIpc) is 2.78. The van der Waals surface area contributed by atoms with Gasteiger partial charge in [0.05, 0.1) is 11.1 Å². The molecule has 0 bridgehead atoms. The SMILES string of the molecule is CCN1CCN(c2ncc(C(N)=S)s2)CC1. The van der Waals surface area contributed by atoms with Gasteiger partial charge in [0, 0.05) is 26.2 Å². The molecule has 16 heavy (non-hydrogen) atoms. The van der Waals surface area contributed by atoms with Gasteiger partial charge < -0.3 is 15.5 Å². The van der Waals surface area contributed by atoms with Crippen molar-refractivity contribution < 1.29 is 0 Å². The van der Waals surface area contributed by atoms with Crippen LogP contribution < -0.4 is 10.6 Å². The Kier molecular flexibility index (Phi) is 3.73. The fraction of sp³-hybridized carbons (Fsp3) is 0.600. The van der Waals surface area contributed by atoms with Crippen molar-refractivity contribution in [3.63, 3.8) is 0 Å². The maximum atomic E-state index is 5.58. The molecule has 4 nitrogen and oxygen atoms in total. The van der Waals surface area contributed by atoms with Crippen LogP contribution in [-0.2, 0) is 0 Å². The first-order chi connectivity index (χ1) is 7.70. The highest BCUT2D eigenvalue weighted by molar-refractivity contribution is 7.81. The second kappa shape index (κ2) is 5.07. The van der Waals surface area contributed by atoms with Gasteiger partial charge in [0.1, 0.15) is 4.99 Å². The summed E-state index contributed by atoms with van der Waals surface area (Å²) in [5.41, 5.74) is 5.58. The predicted octanol–water partition coefficient (Wildman–Crippen LogP) is 0.919. The summed E-state index contributed by atoms with van der Waals surface area (Å²) < 4.78 is 0. The molecule has 0 aliphatic carbocycles. The van der Waals surface area contributed by atoms with E-state index in [0.717, 1.165) is 42.7 Å². The zero-order valence-electron chi connectivity index (χ0n) is 9.35. The fourth-order valence-electron chi connectivity index (χ4n) is 1.78. The molecular weight excluding hydrogens is 240 g/mol. The van der Waals surface area contributed by atoms with Crippen LogP contribution in [0.25, 0.3) is 0 Å². The van der Waals surface area contributed by atoms with E-state index >= 15 is 0 Å². The highest BCUT2D eigenvalue weighted by Gasteiger charge is 2.18. The summed E-state index contributed by atoms with van der Waals surface area (Å²) in [5.74, 6) is 0. The lowest BCUT2D eigenvalue weighted by Gasteiger charge is -2.33. The Hall–Kier alpha value is -0.720. The van der Waals surface area contributed by atoms with Crippen molar-refractivity contribution in [2.75, 3.05) is 37.6 Å². The monoisotopic (exact) mass is 256 g/mol. The molecule has 1 aromatic heterocycles. The van der Waals surface area contributed by atoms with E-state index in [1.807, 2.05) is 0 Å². The topological polar surface area (TPSA) is 45.4 Å². The predicted molar refractivity (Wildman–Crippen MR) is 72.3 cm³/mol. The number of aromatic nitrogens is 1. The van der Waals surface area contributed by atoms with Crippen LogP contribution in [0.3, 0.4) is 0 Å². The van der Waals surface area contributed by atoms with Gasteiger partial charge in [-0.05, 0) is 6.54 Å². The number of hydrogen-bond acceptors (Lipinski definition) is 5. The van der Waals surface area contributed by atoms with Crippen molar-refractivity contribution in [2.45, 2.75) is 6.92 Å². The molecule has 88 valence electrons. The van der Waals surface area contributed by atoms with Crippen molar-refractivity contribution in [1.29, 1.82) is 0 Å². The zero-order valence-corrected chi connectivity index (χ0v) is 11.0.